The van der Waals surface area contributed by atoms with Crippen LogP contribution in [0.15, 0.2) is 60.8 Å². The third-order valence-electron chi connectivity index (χ3n) is 4.89. The molecular weight excluding hydrogens is 343 g/mol. The molecule has 3 aromatic rings. The molecule has 0 spiro atoms. The quantitative estimate of drug-likeness (QED) is 0.773. The Hall–Kier alpha value is -3.15. The van der Waals surface area contributed by atoms with Gasteiger partial charge < -0.3 is 15.1 Å². The monoisotopic (exact) mass is 364 g/mol. The number of benzene rings is 2. The largest absolute Gasteiger partial charge is 0.374 e. The maximum Gasteiger partial charge on any atom is 0.241 e. The summed E-state index contributed by atoms with van der Waals surface area (Å²) in [6.07, 6.45) is 1.75. The van der Waals surface area contributed by atoms with Crippen molar-refractivity contribution in [3.63, 3.8) is 0 Å². The second kappa shape index (κ2) is 7.61. The van der Waals surface area contributed by atoms with Crippen LogP contribution in [0.1, 0.15) is 0 Å². The van der Waals surface area contributed by atoms with Crippen molar-refractivity contribution in [1.82, 2.24) is 9.88 Å². The number of hydrogen-bond acceptors (Lipinski definition) is 4. The Labute approximate surface area is 157 Å². The van der Waals surface area contributed by atoms with E-state index in [4.69, 9.17) is 0 Å². The van der Waals surface area contributed by atoms with E-state index in [1.165, 1.54) is 12.1 Å². The third kappa shape index (κ3) is 3.84. The Bertz CT molecular complexity index is 931. The first kappa shape index (κ1) is 17.3. The van der Waals surface area contributed by atoms with Crippen LogP contribution in [0.4, 0.5) is 15.8 Å². The molecule has 0 atom stereocenters. The van der Waals surface area contributed by atoms with Gasteiger partial charge in [0.15, 0.2) is 0 Å². The fourth-order valence-electron chi connectivity index (χ4n) is 3.40. The molecule has 2 heterocycles. The van der Waals surface area contributed by atoms with E-state index in [-0.39, 0.29) is 18.3 Å². The van der Waals surface area contributed by atoms with E-state index in [0.717, 1.165) is 35.4 Å². The van der Waals surface area contributed by atoms with E-state index in [9.17, 15) is 9.18 Å². The van der Waals surface area contributed by atoms with Crippen molar-refractivity contribution < 1.29 is 9.18 Å². The van der Waals surface area contributed by atoms with Crippen LogP contribution >= 0.6 is 0 Å². The smallest absolute Gasteiger partial charge is 0.241 e. The van der Waals surface area contributed by atoms with Gasteiger partial charge in [-0.25, -0.2) is 4.39 Å². The highest BCUT2D eigenvalue weighted by atomic mass is 19.1. The lowest BCUT2D eigenvalue weighted by molar-refractivity contribution is -0.129. The summed E-state index contributed by atoms with van der Waals surface area (Å²) in [5.41, 5.74) is 2.73. The van der Waals surface area contributed by atoms with Crippen molar-refractivity contribution in [1.29, 1.82) is 0 Å². The van der Waals surface area contributed by atoms with E-state index in [0.29, 0.717) is 13.1 Å². The Morgan fingerprint density at radius 1 is 1.00 bits per heavy atom. The summed E-state index contributed by atoms with van der Waals surface area (Å²) in [6, 6.07) is 16.3. The molecule has 138 valence electrons. The maximum absolute atomic E-state index is 13.1. The lowest BCUT2D eigenvalue weighted by Crippen LogP contribution is -2.50. The summed E-state index contributed by atoms with van der Waals surface area (Å²) >= 11 is 0. The fraction of sp³-hybridized carbons (Fsp3) is 0.238. The van der Waals surface area contributed by atoms with Crippen LogP contribution in [0.3, 0.4) is 0 Å². The van der Waals surface area contributed by atoms with Crippen LogP contribution in [0.2, 0.25) is 0 Å². The molecule has 1 aliphatic heterocycles. The highest BCUT2D eigenvalue weighted by molar-refractivity contribution is 5.92. The molecule has 1 N–H and O–H groups in total. The number of nitrogens with one attached hydrogen (secondary N) is 1. The molecule has 1 saturated heterocycles. The first-order chi connectivity index (χ1) is 13.2. The predicted molar refractivity (Wildman–Crippen MR) is 105 cm³/mol. The first-order valence-electron chi connectivity index (χ1n) is 9.06. The summed E-state index contributed by atoms with van der Waals surface area (Å²) in [6.45, 7) is 3.05. The van der Waals surface area contributed by atoms with Crippen LogP contribution in [0.5, 0.6) is 0 Å². The lowest BCUT2D eigenvalue weighted by Gasteiger charge is -2.36. The minimum atomic E-state index is -0.235. The molecule has 2 aromatic carbocycles. The summed E-state index contributed by atoms with van der Waals surface area (Å²) in [4.78, 5) is 21.0. The average molecular weight is 364 g/mol. The molecule has 1 amide bonds. The van der Waals surface area contributed by atoms with Crippen molar-refractivity contribution in [3.8, 4) is 0 Å². The number of carbonyl (C=O) groups excluding carboxylic acids is 1. The number of rotatable bonds is 4. The van der Waals surface area contributed by atoms with Gasteiger partial charge >= 0.3 is 0 Å². The summed E-state index contributed by atoms with van der Waals surface area (Å²) in [7, 11) is 0. The van der Waals surface area contributed by atoms with Gasteiger partial charge in [0.1, 0.15) is 5.82 Å². The number of nitrogens with zero attached hydrogens (tertiary/aromatic N) is 3. The average Bonchev–Trinajstić information content (AvgIpc) is 2.72. The van der Waals surface area contributed by atoms with Crippen LogP contribution in [0.25, 0.3) is 10.9 Å². The van der Waals surface area contributed by atoms with Crippen molar-refractivity contribution in [2.45, 2.75) is 0 Å². The molecule has 1 aliphatic rings. The molecule has 4 rings (SSSR count). The number of carbonyl (C=O) groups is 1. The second-order valence-corrected chi connectivity index (χ2v) is 6.58. The zero-order chi connectivity index (χ0) is 18.6. The van der Waals surface area contributed by atoms with Gasteiger partial charge in [-0.2, -0.15) is 0 Å². The van der Waals surface area contributed by atoms with Crippen molar-refractivity contribution in [2.75, 3.05) is 42.9 Å². The normalized spacial score (nSPS) is 14.4. The highest BCUT2D eigenvalue weighted by Gasteiger charge is 2.21. The van der Waals surface area contributed by atoms with Crippen molar-refractivity contribution >= 4 is 28.2 Å². The van der Waals surface area contributed by atoms with Crippen LogP contribution in [0, 0.1) is 5.82 Å². The van der Waals surface area contributed by atoms with Gasteiger partial charge in [-0.05, 0) is 36.4 Å². The molecule has 1 aromatic heterocycles. The van der Waals surface area contributed by atoms with Crippen LogP contribution in [-0.2, 0) is 4.79 Å². The maximum atomic E-state index is 13.1. The zero-order valence-corrected chi connectivity index (χ0v) is 14.9. The minimum absolute atomic E-state index is 0.0710. The van der Waals surface area contributed by atoms with Crippen molar-refractivity contribution in [2.24, 2.45) is 0 Å². The zero-order valence-electron chi connectivity index (χ0n) is 14.9. The number of halogens is 1. The number of amides is 1. The molecule has 1 fully saturated rings. The van der Waals surface area contributed by atoms with Crippen LogP contribution in [-0.4, -0.2) is 48.5 Å². The molecule has 6 heteroatoms. The standard InChI is InChI=1S/C21H21FN4O/c22-17-6-8-18(9-7-17)25-11-13-26(14-12-25)20(27)15-24-19-5-1-3-16-4-2-10-23-21(16)19/h1-10,24H,11-15H2. The summed E-state index contributed by atoms with van der Waals surface area (Å²) in [5.74, 6) is -0.164. The van der Waals surface area contributed by atoms with E-state index < -0.39 is 0 Å². The number of aromatic nitrogens is 1. The molecule has 0 radical (unpaired) electrons. The number of piperazine rings is 1. The fourth-order valence-corrected chi connectivity index (χ4v) is 3.40. The van der Waals surface area contributed by atoms with Crippen molar-refractivity contribution in [3.05, 3.63) is 66.6 Å². The molecular formula is C21H21FN4O. The molecule has 0 aliphatic carbocycles. The number of anilines is 2. The minimum Gasteiger partial charge on any atom is -0.374 e. The Morgan fingerprint density at radius 3 is 2.52 bits per heavy atom. The number of fused-ring (bicyclic) bond motifs is 1. The van der Waals surface area contributed by atoms with Gasteiger partial charge in [0.2, 0.25) is 5.91 Å². The van der Waals surface area contributed by atoms with Gasteiger partial charge in [0.05, 0.1) is 17.7 Å². The molecule has 0 unspecified atom stereocenters. The number of pyridine rings is 1. The van der Waals surface area contributed by atoms with Gasteiger partial charge in [-0.3, -0.25) is 9.78 Å². The van der Waals surface area contributed by atoms with Gasteiger partial charge in [-0.15, -0.1) is 0 Å². The number of para-hydroxylation sites is 1. The van der Waals surface area contributed by atoms with Gasteiger partial charge in [0.25, 0.3) is 0 Å². The van der Waals surface area contributed by atoms with E-state index in [2.05, 4.69) is 15.2 Å². The highest BCUT2D eigenvalue weighted by Crippen LogP contribution is 2.21. The predicted octanol–water partition coefficient (Wildman–Crippen LogP) is 3.13. The third-order valence-corrected chi connectivity index (χ3v) is 4.89. The van der Waals surface area contributed by atoms with Gasteiger partial charge in [0, 0.05) is 43.4 Å². The Kier molecular flexibility index (Phi) is 4.87. The lowest BCUT2D eigenvalue weighted by atomic mass is 10.2. The molecule has 27 heavy (non-hydrogen) atoms. The van der Waals surface area contributed by atoms with E-state index >= 15 is 0 Å². The Balaban J connectivity index is 1.34. The van der Waals surface area contributed by atoms with Gasteiger partial charge in [-0.1, -0.05) is 18.2 Å². The SMILES string of the molecule is O=C(CNc1cccc2cccnc12)N1CCN(c2ccc(F)cc2)CC1. The number of hydrogen-bond donors (Lipinski definition) is 1. The topological polar surface area (TPSA) is 48.5 Å². The van der Waals surface area contributed by atoms with E-state index in [1.54, 1.807) is 18.3 Å². The van der Waals surface area contributed by atoms with E-state index in [1.807, 2.05) is 35.2 Å². The first-order valence-corrected chi connectivity index (χ1v) is 9.06. The Morgan fingerprint density at radius 2 is 1.74 bits per heavy atom. The molecule has 5 nitrogen and oxygen atoms in total. The second-order valence-electron chi connectivity index (χ2n) is 6.58. The summed E-state index contributed by atoms with van der Waals surface area (Å²) < 4.78 is 13.1. The molecule has 0 bridgehead atoms. The van der Waals surface area contributed by atoms with Crippen LogP contribution < -0.4 is 10.2 Å². The summed E-state index contributed by atoms with van der Waals surface area (Å²) in [5, 5.41) is 4.27. The molecule has 0 saturated carbocycles.